The van der Waals surface area contributed by atoms with Gasteiger partial charge in [0.2, 0.25) is 0 Å². The number of hydrogen-bond acceptors (Lipinski definition) is 4. The minimum Gasteiger partial charge on any atom is -0.391 e. The molecule has 0 radical (unpaired) electrons. The van der Waals surface area contributed by atoms with Gasteiger partial charge in [-0.15, -0.1) is 0 Å². The summed E-state index contributed by atoms with van der Waals surface area (Å²) in [5.74, 6) is 0. The maximum atomic E-state index is 5.62. The van der Waals surface area contributed by atoms with Crippen LogP contribution in [0.25, 0.3) is 0 Å². The Morgan fingerprint density at radius 2 is 1.10 bits per heavy atom. The Labute approximate surface area is 172 Å². The molecule has 29 heavy (non-hydrogen) atoms. The standard InChI is InChI=1S/C25H26N2O2/c1-21(26-28-19-22-11-5-2-6-12-22)17-18-25(24-15-9-4-10-16-24)27-29-20-23-13-7-3-8-14-23/h2-16H,17-20H2,1H3. The van der Waals surface area contributed by atoms with Crippen LogP contribution in [0.15, 0.2) is 101 Å². The van der Waals surface area contributed by atoms with Crippen molar-refractivity contribution in [2.75, 3.05) is 0 Å². The molecule has 3 rings (SSSR count). The number of rotatable bonds is 10. The topological polar surface area (TPSA) is 43.2 Å². The van der Waals surface area contributed by atoms with Gasteiger partial charge in [0.25, 0.3) is 0 Å². The van der Waals surface area contributed by atoms with Crippen molar-refractivity contribution in [2.24, 2.45) is 10.3 Å². The molecule has 0 spiro atoms. The zero-order valence-corrected chi connectivity index (χ0v) is 16.7. The van der Waals surface area contributed by atoms with Crippen molar-refractivity contribution >= 4 is 11.4 Å². The molecule has 0 atom stereocenters. The van der Waals surface area contributed by atoms with E-state index in [1.165, 1.54) is 0 Å². The Morgan fingerprint density at radius 3 is 1.66 bits per heavy atom. The monoisotopic (exact) mass is 386 g/mol. The zero-order valence-electron chi connectivity index (χ0n) is 16.7. The van der Waals surface area contributed by atoms with E-state index in [-0.39, 0.29) is 0 Å². The van der Waals surface area contributed by atoms with E-state index in [9.17, 15) is 0 Å². The minimum atomic E-state index is 0.449. The second-order valence-electron chi connectivity index (χ2n) is 6.75. The summed E-state index contributed by atoms with van der Waals surface area (Å²) in [7, 11) is 0. The predicted molar refractivity (Wildman–Crippen MR) is 118 cm³/mol. The van der Waals surface area contributed by atoms with Crippen LogP contribution in [-0.2, 0) is 22.9 Å². The Bertz CT molecular complexity index is 907. The summed E-state index contributed by atoms with van der Waals surface area (Å²) in [4.78, 5) is 11.1. The van der Waals surface area contributed by atoms with Gasteiger partial charge in [0, 0.05) is 0 Å². The molecule has 0 amide bonds. The van der Waals surface area contributed by atoms with Crippen LogP contribution in [0.2, 0.25) is 0 Å². The van der Waals surface area contributed by atoms with E-state index in [1.54, 1.807) is 0 Å². The van der Waals surface area contributed by atoms with Crippen molar-refractivity contribution in [2.45, 2.75) is 33.0 Å². The number of oxime groups is 2. The summed E-state index contributed by atoms with van der Waals surface area (Å²) < 4.78 is 0. The van der Waals surface area contributed by atoms with Gasteiger partial charge in [-0.3, -0.25) is 0 Å². The molecule has 0 heterocycles. The van der Waals surface area contributed by atoms with E-state index in [0.717, 1.165) is 41.0 Å². The molecule has 0 aromatic heterocycles. The van der Waals surface area contributed by atoms with Crippen LogP contribution < -0.4 is 0 Å². The van der Waals surface area contributed by atoms with Crippen LogP contribution in [0, 0.1) is 0 Å². The largest absolute Gasteiger partial charge is 0.391 e. The van der Waals surface area contributed by atoms with Gasteiger partial charge in [-0.25, -0.2) is 0 Å². The fourth-order valence-electron chi connectivity index (χ4n) is 2.77. The molecular weight excluding hydrogens is 360 g/mol. The van der Waals surface area contributed by atoms with Crippen molar-refractivity contribution < 1.29 is 9.68 Å². The molecule has 0 aliphatic carbocycles. The lowest BCUT2D eigenvalue weighted by molar-refractivity contribution is 0.129. The Balaban J connectivity index is 1.56. The SMILES string of the molecule is CC(CCC(=NOCc1ccccc1)c1ccccc1)=NOCc1ccccc1. The molecule has 148 valence electrons. The molecule has 4 heteroatoms. The Hall–Kier alpha value is -3.40. The third kappa shape index (κ3) is 7.26. The van der Waals surface area contributed by atoms with Crippen molar-refractivity contribution in [3.63, 3.8) is 0 Å². The van der Waals surface area contributed by atoms with Gasteiger partial charge >= 0.3 is 0 Å². The van der Waals surface area contributed by atoms with Crippen LogP contribution in [0.1, 0.15) is 36.5 Å². The molecule has 3 aromatic rings. The average molecular weight is 386 g/mol. The summed E-state index contributed by atoms with van der Waals surface area (Å²) in [6.07, 6.45) is 1.47. The molecular formula is C25H26N2O2. The Kier molecular flexibility index (Phi) is 8.03. The van der Waals surface area contributed by atoms with Gasteiger partial charge in [0.05, 0.1) is 11.4 Å². The number of benzene rings is 3. The van der Waals surface area contributed by atoms with E-state index in [2.05, 4.69) is 10.3 Å². The van der Waals surface area contributed by atoms with Crippen molar-refractivity contribution in [1.29, 1.82) is 0 Å². The minimum absolute atomic E-state index is 0.449. The lowest BCUT2D eigenvalue weighted by Gasteiger charge is -2.08. The molecule has 0 aliphatic heterocycles. The molecule has 3 aromatic carbocycles. The predicted octanol–water partition coefficient (Wildman–Crippen LogP) is 5.98. The highest BCUT2D eigenvalue weighted by atomic mass is 16.6. The third-order valence-corrected chi connectivity index (χ3v) is 4.37. The summed E-state index contributed by atoms with van der Waals surface area (Å²) in [6, 6.07) is 30.2. The van der Waals surface area contributed by atoms with Gasteiger partial charge in [0.1, 0.15) is 13.2 Å². The van der Waals surface area contributed by atoms with Crippen LogP contribution in [0.3, 0.4) is 0 Å². The molecule has 0 aliphatic rings. The fourth-order valence-corrected chi connectivity index (χ4v) is 2.77. The first-order valence-electron chi connectivity index (χ1n) is 9.79. The fraction of sp³-hybridized carbons (Fsp3) is 0.200. The van der Waals surface area contributed by atoms with Gasteiger partial charge < -0.3 is 9.68 Å². The first-order valence-corrected chi connectivity index (χ1v) is 9.79. The maximum absolute atomic E-state index is 5.62. The number of nitrogens with zero attached hydrogens (tertiary/aromatic N) is 2. The second-order valence-corrected chi connectivity index (χ2v) is 6.75. The highest BCUT2D eigenvalue weighted by molar-refractivity contribution is 6.02. The highest BCUT2D eigenvalue weighted by Crippen LogP contribution is 2.10. The summed E-state index contributed by atoms with van der Waals surface area (Å²) in [6.45, 7) is 2.89. The highest BCUT2D eigenvalue weighted by Gasteiger charge is 2.06. The van der Waals surface area contributed by atoms with E-state index < -0.39 is 0 Å². The Morgan fingerprint density at radius 1 is 0.621 bits per heavy atom. The van der Waals surface area contributed by atoms with Crippen LogP contribution >= 0.6 is 0 Å². The van der Waals surface area contributed by atoms with E-state index in [1.807, 2.05) is 97.9 Å². The molecule has 0 N–H and O–H groups in total. The zero-order chi connectivity index (χ0) is 20.2. The molecule has 4 nitrogen and oxygen atoms in total. The lowest BCUT2D eigenvalue weighted by Crippen LogP contribution is -2.06. The number of hydrogen-bond donors (Lipinski definition) is 0. The molecule has 0 unspecified atom stereocenters. The lowest BCUT2D eigenvalue weighted by atomic mass is 10.0. The summed E-state index contributed by atoms with van der Waals surface area (Å²) in [5, 5.41) is 8.64. The van der Waals surface area contributed by atoms with Gasteiger partial charge in [-0.05, 0) is 36.5 Å². The summed E-state index contributed by atoms with van der Waals surface area (Å²) in [5.41, 5.74) is 5.07. The van der Waals surface area contributed by atoms with E-state index in [4.69, 9.17) is 9.68 Å². The van der Waals surface area contributed by atoms with E-state index >= 15 is 0 Å². The summed E-state index contributed by atoms with van der Waals surface area (Å²) >= 11 is 0. The third-order valence-electron chi connectivity index (χ3n) is 4.37. The molecule has 0 saturated heterocycles. The van der Waals surface area contributed by atoms with Crippen LogP contribution in [0.4, 0.5) is 0 Å². The molecule has 0 bridgehead atoms. The smallest absolute Gasteiger partial charge is 0.142 e. The van der Waals surface area contributed by atoms with Gasteiger partial charge in [-0.1, -0.05) is 101 Å². The normalized spacial score (nSPS) is 11.9. The molecule has 0 fully saturated rings. The first kappa shape index (κ1) is 20.3. The van der Waals surface area contributed by atoms with Crippen molar-refractivity contribution in [1.82, 2.24) is 0 Å². The van der Waals surface area contributed by atoms with Gasteiger partial charge in [0.15, 0.2) is 0 Å². The van der Waals surface area contributed by atoms with Crippen LogP contribution in [-0.4, -0.2) is 11.4 Å². The van der Waals surface area contributed by atoms with Gasteiger partial charge in [-0.2, -0.15) is 0 Å². The van der Waals surface area contributed by atoms with Crippen molar-refractivity contribution in [3.05, 3.63) is 108 Å². The molecule has 0 saturated carbocycles. The first-order chi connectivity index (χ1) is 14.3. The average Bonchev–Trinajstić information content (AvgIpc) is 2.78. The second kappa shape index (κ2) is 11.4. The van der Waals surface area contributed by atoms with Crippen LogP contribution in [0.5, 0.6) is 0 Å². The maximum Gasteiger partial charge on any atom is 0.142 e. The van der Waals surface area contributed by atoms with Crippen molar-refractivity contribution in [3.8, 4) is 0 Å². The van der Waals surface area contributed by atoms with E-state index in [0.29, 0.717) is 13.2 Å². The quantitative estimate of drug-likeness (QED) is 0.318.